The van der Waals surface area contributed by atoms with Crippen molar-refractivity contribution in [2.75, 3.05) is 13.2 Å². The van der Waals surface area contributed by atoms with Crippen LogP contribution < -0.4 is 4.74 Å². The van der Waals surface area contributed by atoms with E-state index in [9.17, 15) is 14.0 Å². The Balaban J connectivity index is 1.85. The Hall–Kier alpha value is -2.69. The monoisotopic (exact) mass is 330 g/mol. The molecule has 0 amide bonds. The molecule has 0 fully saturated rings. The second-order valence-electron chi connectivity index (χ2n) is 5.12. The third-order valence-electron chi connectivity index (χ3n) is 3.32. The maximum atomic E-state index is 12.9. The molecule has 126 valence electrons. The van der Waals surface area contributed by atoms with Gasteiger partial charge in [0.2, 0.25) is 0 Å². The summed E-state index contributed by atoms with van der Waals surface area (Å²) < 4.78 is 23.2. The summed E-state index contributed by atoms with van der Waals surface area (Å²) in [6.45, 7) is 2.54. The standard InChI is InChI=1S/C19H19FO4/c1-2-23-18(21)4-3-13-24-17-11-7-15(8-12-17)19(22)14-5-9-16(20)10-6-14/h5-12H,2-4,13H2,1H3. The smallest absolute Gasteiger partial charge is 0.305 e. The molecule has 0 spiro atoms. The Morgan fingerprint density at radius 2 is 1.54 bits per heavy atom. The second-order valence-corrected chi connectivity index (χ2v) is 5.12. The highest BCUT2D eigenvalue weighted by Gasteiger charge is 2.09. The number of halogens is 1. The van der Waals surface area contributed by atoms with Crippen LogP contribution in [0.1, 0.15) is 35.7 Å². The summed E-state index contributed by atoms with van der Waals surface area (Å²) in [5, 5.41) is 0. The van der Waals surface area contributed by atoms with Crippen LogP contribution in [0.5, 0.6) is 5.75 Å². The first-order valence-electron chi connectivity index (χ1n) is 7.79. The Morgan fingerprint density at radius 1 is 0.958 bits per heavy atom. The molecule has 0 unspecified atom stereocenters. The maximum Gasteiger partial charge on any atom is 0.305 e. The maximum absolute atomic E-state index is 12.9. The van der Waals surface area contributed by atoms with Crippen molar-refractivity contribution >= 4 is 11.8 Å². The Kier molecular flexibility index (Phi) is 6.49. The molecular formula is C19H19FO4. The first kappa shape index (κ1) is 17.7. The van der Waals surface area contributed by atoms with Crippen LogP contribution >= 0.6 is 0 Å². The van der Waals surface area contributed by atoms with Crippen molar-refractivity contribution in [3.8, 4) is 5.75 Å². The first-order valence-corrected chi connectivity index (χ1v) is 7.79. The van der Waals surface area contributed by atoms with E-state index in [1.807, 2.05) is 0 Å². The zero-order valence-corrected chi connectivity index (χ0v) is 13.5. The normalized spacial score (nSPS) is 10.2. The number of hydrogen-bond donors (Lipinski definition) is 0. The van der Waals surface area contributed by atoms with Gasteiger partial charge in [0.1, 0.15) is 11.6 Å². The van der Waals surface area contributed by atoms with Gasteiger partial charge >= 0.3 is 5.97 Å². The van der Waals surface area contributed by atoms with Crippen molar-refractivity contribution < 1.29 is 23.5 Å². The van der Waals surface area contributed by atoms with Gasteiger partial charge in [-0.1, -0.05) is 0 Å². The summed E-state index contributed by atoms with van der Waals surface area (Å²) in [6, 6.07) is 12.1. The molecule has 0 aromatic heterocycles. The summed E-state index contributed by atoms with van der Waals surface area (Å²) in [6.07, 6.45) is 0.879. The van der Waals surface area contributed by atoms with Gasteiger partial charge in [0.05, 0.1) is 13.2 Å². The fraction of sp³-hybridized carbons (Fsp3) is 0.263. The van der Waals surface area contributed by atoms with E-state index in [1.165, 1.54) is 24.3 Å². The number of benzene rings is 2. The van der Waals surface area contributed by atoms with Gasteiger partial charge in [0, 0.05) is 17.5 Å². The molecule has 0 N–H and O–H groups in total. The van der Waals surface area contributed by atoms with Crippen LogP contribution in [0.3, 0.4) is 0 Å². The molecule has 0 radical (unpaired) electrons. The molecule has 5 heteroatoms. The fourth-order valence-corrected chi connectivity index (χ4v) is 2.11. The molecule has 2 aromatic rings. The number of ether oxygens (including phenoxy) is 2. The predicted molar refractivity (Wildman–Crippen MR) is 87.6 cm³/mol. The lowest BCUT2D eigenvalue weighted by atomic mass is 10.0. The lowest BCUT2D eigenvalue weighted by Gasteiger charge is -2.07. The van der Waals surface area contributed by atoms with Gasteiger partial charge in [-0.2, -0.15) is 0 Å². The number of ketones is 1. The van der Waals surface area contributed by atoms with Gasteiger partial charge in [-0.15, -0.1) is 0 Å². The predicted octanol–water partition coefficient (Wildman–Crippen LogP) is 3.78. The molecule has 24 heavy (non-hydrogen) atoms. The lowest BCUT2D eigenvalue weighted by molar-refractivity contribution is -0.143. The van der Waals surface area contributed by atoms with Crippen LogP contribution in [0.25, 0.3) is 0 Å². The highest BCUT2D eigenvalue weighted by molar-refractivity contribution is 6.08. The summed E-state index contributed by atoms with van der Waals surface area (Å²) >= 11 is 0. The number of carbonyl (C=O) groups excluding carboxylic acids is 2. The minimum Gasteiger partial charge on any atom is -0.494 e. The van der Waals surface area contributed by atoms with E-state index in [-0.39, 0.29) is 17.6 Å². The van der Waals surface area contributed by atoms with Crippen LogP contribution in [0.4, 0.5) is 4.39 Å². The van der Waals surface area contributed by atoms with E-state index in [2.05, 4.69) is 0 Å². The molecular weight excluding hydrogens is 311 g/mol. The molecule has 0 saturated carbocycles. The van der Waals surface area contributed by atoms with E-state index in [1.54, 1.807) is 31.2 Å². The molecule has 0 saturated heterocycles. The number of rotatable bonds is 8. The van der Waals surface area contributed by atoms with Crippen molar-refractivity contribution in [2.45, 2.75) is 19.8 Å². The topological polar surface area (TPSA) is 52.6 Å². The van der Waals surface area contributed by atoms with E-state index >= 15 is 0 Å². The van der Waals surface area contributed by atoms with Crippen molar-refractivity contribution in [2.24, 2.45) is 0 Å². The second kappa shape index (κ2) is 8.82. The van der Waals surface area contributed by atoms with E-state index in [0.29, 0.717) is 42.9 Å². The molecule has 2 rings (SSSR count). The zero-order valence-electron chi connectivity index (χ0n) is 13.5. The minimum absolute atomic E-state index is 0.177. The summed E-state index contributed by atoms with van der Waals surface area (Å²) in [4.78, 5) is 23.4. The molecule has 4 nitrogen and oxygen atoms in total. The SMILES string of the molecule is CCOC(=O)CCCOc1ccc(C(=O)c2ccc(F)cc2)cc1. The van der Waals surface area contributed by atoms with Crippen LogP contribution in [0.15, 0.2) is 48.5 Å². The molecule has 2 aromatic carbocycles. The largest absolute Gasteiger partial charge is 0.494 e. The highest BCUT2D eigenvalue weighted by atomic mass is 19.1. The van der Waals surface area contributed by atoms with E-state index < -0.39 is 0 Å². The van der Waals surface area contributed by atoms with Gasteiger partial charge in [-0.05, 0) is 61.9 Å². The summed E-state index contributed by atoms with van der Waals surface area (Å²) in [5.41, 5.74) is 0.931. The number of hydrogen-bond acceptors (Lipinski definition) is 4. The third kappa shape index (κ3) is 5.19. The molecule has 0 heterocycles. The Labute approximate surface area is 140 Å². The van der Waals surface area contributed by atoms with E-state index in [0.717, 1.165) is 0 Å². The third-order valence-corrected chi connectivity index (χ3v) is 3.32. The van der Waals surface area contributed by atoms with Gasteiger partial charge in [-0.3, -0.25) is 9.59 Å². The van der Waals surface area contributed by atoms with Crippen LogP contribution in [0.2, 0.25) is 0 Å². The molecule has 0 bridgehead atoms. The van der Waals surface area contributed by atoms with Crippen LogP contribution in [0, 0.1) is 5.82 Å². The van der Waals surface area contributed by atoms with E-state index in [4.69, 9.17) is 9.47 Å². The molecule has 0 aliphatic heterocycles. The lowest BCUT2D eigenvalue weighted by Crippen LogP contribution is -2.07. The average molecular weight is 330 g/mol. The average Bonchev–Trinajstić information content (AvgIpc) is 2.60. The van der Waals surface area contributed by atoms with Crippen molar-refractivity contribution in [1.82, 2.24) is 0 Å². The quantitative estimate of drug-likeness (QED) is 0.420. The van der Waals surface area contributed by atoms with Gasteiger partial charge in [-0.25, -0.2) is 4.39 Å². The van der Waals surface area contributed by atoms with Crippen molar-refractivity contribution in [1.29, 1.82) is 0 Å². The fourth-order valence-electron chi connectivity index (χ4n) is 2.11. The zero-order chi connectivity index (χ0) is 17.4. The highest BCUT2D eigenvalue weighted by Crippen LogP contribution is 2.16. The van der Waals surface area contributed by atoms with Crippen molar-refractivity contribution in [3.63, 3.8) is 0 Å². The molecule has 0 aliphatic rings. The summed E-state index contributed by atoms with van der Waals surface area (Å²) in [5.74, 6) is -0.169. The Bertz CT molecular complexity index is 678. The van der Waals surface area contributed by atoms with Gasteiger partial charge in [0.15, 0.2) is 5.78 Å². The van der Waals surface area contributed by atoms with Crippen LogP contribution in [-0.2, 0) is 9.53 Å². The molecule has 0 aliphatic carbocycles. The van der Waals surface area contributed by atoms with Crippen molar-refractivity contribution in [3.05, 3.63) is 65.5 Å². The number of esters is 1. The number of carbonyl (C=O) groups is 2. The van der Waals surface area contributed by atoms with Gasteiger partial charge in [0.25, 0.3) is 0 Å². The minimum atomic E-state index is -0.377. The first-order chi connectivity index (χ1) is 11.6. The Morgan fingerprint density at radius 3 is 2.12 bits per heavy atom. The van der Waals surface area contributed by atoms with Gasteiger partial charge < -0.3 is 9.47 Å². The van der Waals surface area contributed by atoms with Crippen LogP contribution in [-0.4, -0.2) is 25.0 Å². The molecule has 0 atom stereocenters. The summed E-state index contributed by atoms with van der Waals surface area (Å²) in [7, 11) is 0.